The summed E-state index contributed by atoms with van der Waals surface area (Å²) >= 11 is 0. The molecule has 2 heteroatoms. The zero-order valence-corrected chi connectivity index (χ0v) is 5.97. The molecular formula is C9H8NO. The molecule has 2 heterocycles. The topological polar surface area (TPSA) is 26.0 Å². The summed E-state index contributed by atoms with van der Waals surface area (Å²) in [5, 5.41) is 0. The second kappa shape index (κ2) is 5.23. The van der Waals surface area contributed by atoms with Crippen LogP contribution in [0.1, 0.15) is 0 Å². The smallest absolute Gasteiger partial charge is 0.169 e. The Kier molecular flexibility index (Phi) is 3.59. The van der Waals surface area contributed by atoms with Gasteiger partial charge in [-0.25, -0.2) is 0 Å². The van der Waals surface area contributed by atoms with Gasteiger partial charge >= 0.3 is 0 Å². The molecule has 0 saturated heterocycles. The number of rotatable bonds is 0. The molecule has 2 aromatic heterocycles. The minimum Gasteiger partial charge on any atom is -0.461 e. The summed E-state index contributed by atoms with van der Waals surface area (Å²) in [4.78, 5) is 3.78. The fourth-order valence-corrected chi connectivity index (χ4v) is 0.509. The largest absolute Gasteiger partial charge is 0.461 e. The summed E-state index contributed by atoms with van der Waals surface area (Å²) in [6, 6.07) is 9.20. The first-order valence-electron chi connectivity index (χ1n) is 3.24. The van der Waals surface area contributed by atoms with Gasteiger partial charge in [0.05, 0.1) is 6.26 Å². The third-order valence-electron chi connectivity index (χ3n) is 0.945. The molecule has 2 aromatic rings. The van der Waals surface area contributed by atoms with E-state index in [0.29, 0.717) is 0 Å². The lowest BCUT2D eigenvalue weighted by atomic mass is 10.5. The van der Waals surface area contributed by atoms with Crippen LogP contribution in [-0.4, -0.2) is 4.98 Å². The highest BCUT2D eigenvalue weighted by Gasteiger charge is 1.61. The average molecular weight is 146 g/mol. The van der Waals surface area contributed by atoms with Crippen molar-refractivity contribution in [3.8, 4) is 0 Å². The molecule has 0 aliphatic heterocycles. The fourth-order valence-electron chi connectivity index (χ4n) is 0.509. The Morgan fingerprint density at radius 1 is 1.00 bits per heavy atom. The molecule has 0 N–H and O–H groups in total. The summed E-state index contributed by atoms with van der Waals surface area (Å²) < 4.78 is 4.46. The van der Waals surface area contributed by atoms with Gasteiger partial charge in [0.25, 0.3) is 0 Å². The van der Waals surface area contributed by atoms with Gasteiger partial charge in [0.2, 0.25) is 0 Å². The van der Waals surface area contributed by atoms with Crippen LogP contribution in [0.3, 0.4) is 0 Å². The standard InChI is InChI=1S/C5H5N.C4H3O/c1-2-4-6-5-3-1;1-2-4-5-3-1/h1-5H;1-3H. The maximum atomic E-state index is 4.46. The van der Waals surface area contributed by atoms with E-state index in [1.165, 1.54) is 0 Å². The van der Waals surface area contributed by atoms with Crippen LogP contribution >= 0.6 is 0 Å². The van der Waals surface area contributed by atoms with Crippen LogP contribution in [0.25, 0.3) is 0 Å². The van der Waals surface area contributed by atoms with Crippen LogP contribution in [0.5, 0.6) is 0 Å². The number of aromatic nitrogens is 1. The van der Waals surface area contributed by atoms with Crippen molar-refractivity contribution in [3.05, 3.63) is 55.3 Å². The van der Waals surface area contributed by atoms with Crippen LogP contribution < -0.4 is 0 Å². The highest BCUT2D eigenvalue weighted by atomic mass is 16.3. The first kappa shape index (κ1) is 7.54. The molecule has 0 aliphatic rings. The van der Waals surface area contributed by atoms with Gasteiger partial charge in [0.1, 0.15) is 0 Å². The van der Waals surface area contributed by atoms with Gasteiger partial charge in [0.15, 0.2) is 6.26 Å². The quantitative estimate of drug-likeness (QED) is 0.569. The summed E-state index contributed by atoms with van der Waals surface area (Å²) in [6.07, 6.45) is 7.56. The van der Waals surface area contributed by atoms with Crippen molar-refractivity contribution in [2.75, 3.05) is 0 Å². The van der Waals surface area contributed by atoms with E-state index in [4.69, 9.17) is 0 Å². The van der Waals surface area contributed by atoms with E-state index in [-0.39, 0.29) is 0 Å². The summed E-state index contributed by atoms with van der Waals surface area (Å²) in [7, 11) is 0. The van der Waals surface area contributed by atoms with E-state index in [1.807, 2.05) is 18.2 Å². The molecule has 55 valence electrons. The van der Waals surface area contributed by atoms with Gasteiger partial charge in [-0.05, 0) is 24.3 Å². The second-order valence-electron chi connectivity index (χ2n) is 1.76. The van der Waals surface area contributed by atoms with Gasteiger partial charge in [-0.2, -0.15) is 0 Å². The zero-order valence-electron chi connectivity index (χ0n) is 5.97. The molecular weight excluding hydrogens is 138 g/mol. The van der Waals surface area contributed by atoms with E-state index >= 15 is 0 Å². The minimum atomic E-state index is 1.57. The van der Waals surface area contributed by atoms with Gasteiger partial charge in [-0.3, -0.25) is 4.98 Å². The molecule has 11 heavy (non-hydrogen) atoms. The number of pyridine rings is 1. The maximum Gasteiger partial charge on any atom is 0.169 e. The highest BCUT2D eigenvalue weighted by molar-refractivity contribution is 4.88. The number of hydrogen-bond donors (Lipinski definition) is 0. The molecule has 0 aromatic carbocycles. The molecule has 0 aliphatic carbocycles. The second-order valence-corrected chi connectivity index (χ2v) is 1.76. The van der Waals surface area contributed by atoms with Crippen LogP contribution in [0.15, 0.2) is 53.4 Å². The van der Waals surface area contributed by atoms with E-state index in [0.717, 1.165) is 0 Å². The Labute approximate surface area is 65.5 Å². The SMILES string of the molecule is [c]1ccco1.c1ccncc1. The number of nitrogens with zero attached hydrogens (tertiary/aromatic N) is 1. The predicted octanol–water partition coefficient (Wildman–Crippen LogP) is 2.16. The Balaban J connectivity index is 0.000000112. The molecule has 0 spiro atoms. The maximum absolute atomic E-state index is 4.46. The van der Waals surface area contributed by atoms with Crippen molar-refractivity contribution in [3.63, 3.8) is 0 Å². The van der Waals surface area contributed by atoms with E-state index < -0.39 is 0 Å². The first-order valence-corrected chi connectivity index (χ1v) is 3.24. The first-order chi connectivity index (χ1) is 5.50. The minimum absolute atomic E-state index is 1.57. The molecule has 0 bridgehead atoms. The van der Waals surface area contributed by atoms with Crippen LogP contribution in [0.4, 0.5) is 0 Å². The van der Waals surface area contributed by atoms with Crippen LogP contribution in [0, 0.1) is 6.26 Å². The Bertz CT molecular complexity index is 195. The summed E-state index contributed by atoms with van der Waals surface area (Å²) in [5.41, 5.74) is 0. The van der Waals surface area contributed by atoms with Gasteiger partial charge in [0, 0.05) is 12.4 Å². The van der Waals surface area contributed by atoms with E-state index in [9.17, 15) is 0 Å². The van der Waals surface area contributed by atoms with Crippen molar-refractivity contribution in [1.29, 1.82) is 0 Å². The summed E-state index contributed by atoms with van der Waals surface area (Å²) in [6.45, 7) is 0. The number of hydrogen-bond acceptors (Lipinski definition) is 2. The average Bonchev–Trinajstić information content (AvgIpc) is 2.64. The molecule has 2 rings (SSSR count). The van der Waals surface area contributed by atoms with Crippen molar-refractivity contribution in [2.24, 2.45) is 0 Å². The monoisotopic (exact) mass is 146 g/mol. The molecule has 0 unspecified atom stereocenters. The summed E-state index contributed by atoms with van der Waals surface area (Å²) in [5.74, 6) is 0. The van der Waals surface area contributed by atoms with Gasteiger partial charge < -0.3 is 4.42 Å². The predicted molar refractivity (Wildman–Crippen MR) is 41.8 cm³/mol. The fraction of sp³-hybridized carbons (Fsp3) is 0. The molecule has 0 amide bonds. The Morgan fingerprint density at radius 3 is 2.00 bits per heavy atom. The molecule has 0 atom stereocenters. The lowest BCUT2D eigenvalue weighted by molar-refractivity contribution is 0.558. The Morgan fingerprint density at radius 2 is 1.82 bits per heavy atom. The van der Waals surface area contributed by atoms with E-state index in [1.54, 1.807) is 30.8 Å². The molecule has 2 nitrogen and oxygen atoms in total. The third kappa shape index (κ3) is 3.92. The lowest BCUT2D eigenvalue weighted by Crippen LogP contribution is -1.58. The molecule has 0 fully saturated rings. The van der Waals surface area contributed by atoms with Crippen molar-refractivity contribution in [1.82, 2.24) is 4.98 Å². The number of furan rings is 1. The van der Waals surface area contributed by atoms with Crippen LogP contribution in [-0.2, 0) is 0 Å². The highest BCUT2D eigenvalue weighted by Crippen LogP contribution is 1.78. The van der Waals surface area contributed by atoms with Crippen LogP contribution in [0.2, 0.25) is 0 Å². The van der Waals surface area contributed by atoms with Gasteiger partial charge in [-0.1, -0.05) is 6.07 Å². The van der Waals surface area contributed by atoms with E-state index in [2.05, 4.69) is 15.7 Å². The molecule has 0 saturated carbocycles. The third-order valence-corrected chi connectivity index (χ3v) is 0.945. The van der Waals surface area contributed by atoms with Crippen molar-refractivity contribution >= 4 is 0 Å². The lowest BCUT2D eigenvalue weighted by Gasteiger charge is -1.70. The zero-order chi connectivity index (χ0) is 7.78. The van der Waals surface area contributed by atoms with Crippen molar-refractivity contribution in [2.45, 2.75) is 0 Å². The Hall–Kier alpha value is -1.57. The van der Waals surface area contributed by atoms with Gasteiger partial charge in [-0.15, -0.1) is 0 Å². The normalized spacial score (nSPS) is 8.00. The molecule has 1 radical (unpaired) electrons. The van der Waals surface area contributed by atoms with Crippen molar-refractivity contribution < 1.29 is 4.42 Å².